The second-order valence-electron chi connectivity index (χ2n) is 9.83. The number of nitriles is 1. The Kier molecular flexibility index (Phi) is 6.74. The highest BCUT2D eigenvalue weighted by atomic mass is 19.3. The lowest BCUT2D eigenvalue weighted by Crippen LogP contribution is -2.48. The zero-order valence-electron chi connectivity index (χ0n) is 20.8. The fourth-order valence-electron chi connectivity index (χ4n) is 5.20. The van der Waals surface area contributed by atoms with E-state index in [2.05, 4.69) is 19.8 Å². The van der Waals surface area contributed by atoms with Crippen LogP contribution >= 0.6 is 0 Å². The van der Waals surface area contributed by atoms with Gasteiger partial charge in [0.15, 0.2) is 11.5 Å². The van der Waals surface area contributed by atoms with E-state index in [0.29, 0.717) is 31.5 Å². The standard InChI is InChI=1S/C26H24F4N4O5/c1-14(35)33-25(6-7-25)17-4-8-34(9-5-17)24(36)18-11-16(12-31)23(32-21(18)22(27)28)37-13-15-2-3-19-20(10-15)39-26(29,30)38-19/h2-3,10-11,17,22H,4-9,13H2,1H3,(H,33,35). The van der Waals surface area contributed by atoms with E-state index in [-0.39, 0.29) is 46.6 Å². The van der Waals surface area contributed by atoms with Crippen LogP contribution in [0.1, 0.15) is 66.2 Å². The van der Waals surface area contributed by atoms with Crippen LogP contribution in [0, 0.1) is 17.2 Å². The molecule has 3 aliphatic rings. The molecular formula is C26H24F4N4O5. The number of hydrogen-bond acceptors (Lipinski definition) is 7. The fourth-order valence-corrected chi connectivity index (χ4v) is 5.20. The number of alkyl halides is 4. The molecule has 1 N–H and O–H groups in total. The van der Waals surface area contributed by atoms with Gasteiger partial charge in [0.25, 0.3) is 12.3 Å². The van der Waals surface area contributed by atoms with Crippen LogP contribution in [0.4, 0.5) is 17.6 Å². The number of benzene rings is 1. The minimum absolute atomic E-state index is 0.106. The number of nitrogens with one attached hydrogen (secondary N) is 1. The van der Waals surface area contributed by atoms with Gasteiger partial charge in [0, 0.05) is 25.6 Å². The van der Waals surface area contributed by atoms with Gasteiger partial charge in [-0.3, -0.25) is 9.59 Å². The molecule has 1 aromatic carbocycles. The molecule has 1 aliphatic carbocycles. The van der Waals surface area contributed by atoms with E-state index in [1.807, 2.05) is 6.07 Å². The summed E-state index contributed by atoms with van der Waals surface area (Å²) < 4.78 is 68.7. The first-order valence-corrected chi connectivity index (χ1v) is 12.3. The van der Waals surface area contributed by atoms with Gasteiger partial charge in [-0.05, 0) is 55.4 Å². The molecule has 0 unspecified atom stereocenters. The number of piperidine rings is 1. The number of ether oxygens (including phenoxy) is 3. The van der Waals surface area contributed by atoms with Crippen LogP contribution in [0.2, 0.25) is 0 Å². The van der Waals surface area contributed by atoms with Crippen molar-refractivity contribution in [1.82, 2.24) is 15.2 Å². The van der Waals surface area contributed by atoms with Crippen molar-refractivity contribution in [2.75, 3.05) is 13.1 Å². The minimum Gasteiger partial charge on any atom is -0.472 e. The molecule has 3 heterocycles. The molecular weight excluding hydrogens is 524 g/mol. The molecule has 2 fully saturated rings. The molecule has 1 saturated heterocycles. The molecule has 39 heavy (non-hydrogen) atoms. The van der Waals surface area contributed by atoms with Crippen molar-refractivity contribution in [3.05, 3.63) is 46.6 Å². The van der Waals surface area contributed by atoms with Crippen LogP contribution in [0.15, 0.2) is 24.3 Å². The fraction of sp³-hybridized carbons (Fsp3) is 0.462. The summed E-state index contributed by atoms with van der Waals surface area (Å²) >= 11 is 0. The lowest BCUT2D eigenvalue weighted by atomic mass is 9.87. The summed E-state index contributed by atoms with van der Waals surface area (Å²) in [6, 6.07) is 6.73. The topological polar surface area (TPSA) is 114 Å². The number of carbonyl (C=O) groups excluding carboxylic acids is 2. The Balaban J connectivity index is 1.30. The molecule has 2 aromatic rings. The average molecular weight is 548 g/mol. The highest BCUT2D eigenvalue weighted by Gasteiger charge is 2.50. The molecule has 1 saturated carbocycles. The number of aromatic nitrogens is 1. The lowest BCUT2D eigenvalue weighted by Gasteiger charge is -2.37. The normalized spacial score (nSPS) is 18.9. The predicted octanol–water partition coefficient (Wildman–Crippen LogP) is 4.31. The number of nitrogens with zero attached hydrogens (tertiary/aromatic N) is 3. The Hall–Kier alpha value is -4.08. The molecule has 1 aromatic heterocycles. The van der Waals surface area contributed by atoms with E-state index >= 15 is 0 Å². The van der Waals surface area contributed by atoms with Gasteiger partial charge in [-0.2, -0.15) is 5.26 Å². The smallest absolute Gasteiger partial charge is 0.472 e. The third-order valence-electron chi connectivity index (χ3n) is 7.19. The van der Waals surface area contributed by atoms with Gasteiger partial charge in [0.2, 0.25) is 11.8 Å². The zero-order chi connectivity index (χ0) is 27.9. The van der Waals surface area contributed by atoms with Crippen molar-refractivity contribution in [2.24, 2.45) is 5.92 Å². The zero-order valence-corrected chi connectivity index (χ0v) is 20.8. The number of likely N-dealkylation sites (tertiary alicyclic amines) is 1. The summed E-state index contributed by atoms with van der Waals surface area (Å²) in [5.41, 5.74) is -1.36. The molecule has 5 rings (SSSR count). The average Bonchev–Trinajstić information content (AvgIpc) is 3.59. The van der Waals surface area contributed by atoms with E-state index in [0.717, 1.165) is 18.9 Å². The first-order chi connectivity index (χ1) is 18.5. The highest BCUT2D eigenvalue weighted by Crippen LogP contribution is 2.47. The molecule has 206 valence electrons. The van der Waals surface area contributed by atoms with Crippen LogP contribution < -0.4 is 19.5 Å². The third kappa shape index (κ3) is 5.41. The van der Waals surface area contributed by atoms with Crippen molar-refractivity contribution in [3.63, 3.8) is 0 Å². The molecule has 2 aliphatic heterocycles. The first kappa shape index (κ1) is 26.5. The van der Waals surface area contributed by atoms with E-state index in [1.54, 1.807) is 0 Å². The summed E-state index contributed by atoms with van der Waals surface area (Å²) in [5.74, 6) is -1.40. The Bertz CT molecular complexity index is 1350. The van der Waals surface area contributed by atoms with Gasteiger partial charge in [-0.25, -0.2) is 13.8 Å². The third-order valence-corrected chi connectivity index (χ3v) is 7.19. The minimum atomic E-state index is -3.80. The van der Waals surface area contributed by atoms with Gasteiger partial charge in [0.1, 0.15) is 23.9 Å². The van der Waals surface area contributed by atoms with Crippen LogP contribution in [0.3, 0.4) is 0 Å². The van der Waals surface area contributed by atoms with Crippen molar-refractivity contribution in [2.45, 2.75) is 57.5 Å². The van der Waals surface area contributed by atoms with Crippen molar-refractivity contribution in [1.29, 1.82) is 5.26 Å². The SMILES string of the molecule is CC(=O)NC1(C2CCN(C(=O)c3cc(C#N)c(OCc4ccc5c(c4)OC(F)(F)O5)nc3C(F)F)CC2)CC1. The van der Waals surface area contributed by atoms with E-state index in [1.165, 1.54) is 30.0 Å². The maximum Gasteiger partial charge on any atom is 0.586 e. The number of pyridine rings is 1. The molecule has 9 nitrogen and oxygen atoms in total. The molecule has 0 atom stereocenters. The second-order valence-corrected chi connectivity index (χ2v) is 9.83. The lowest BCUT2D eigenvalue weighted by molar-refractivity contribution is -0.286. The van der Waals surface area contributed by atoms with Crippen LogP contribution in [-0.4, -0.2) is 46.6 Å². The van der Waals surface area contributed by atoms with E-state index in [9.17, 15) is 32.4 Å². The molecule has 13 heteroatoms. The number of hydrogen-bond donors (Lipinski definition) is 1. The number of rotatable bonds is 7. The van der Waals surface area contributed by atoms with Crippen LogP contribution in [0.5, 0.6) is 17.4 Å². The van der Waals surface area contributed by atoms with Gasteiger partial charge in [-0.15, -0.1) is 8.78 Å². The molecule has 2 amide bonds. The number of carbonyl (C=O) groups is 2. The Labute approximate surface area is 220 Å². The Morgan fingerprint density at radius 3 is 2.51 bits per heavy atom. The van der Waals surface area contributed by atoms with E-state index < -0.39 is 30.2 Å². The molecule has 0 spiro atoms. The molecule has 0 radical (unpaired) electrons. The monoisotopic (exact) mass is 548 g/mol. The number of amides is 2. The Morgan fingerprint density at radius 1 is 1.21 bits per heavy atom. The maximum absolute atomic E-state index is 14.0. The summed E-state index contributed by atoms with van der Waals surface area (Å²) in [6.45, 7) is 1.80. The summed E-state index contributed by atoms with van der Waals surface area (Å²) in [4.78, 5) is 30.0. The maximum atomic E-state index is 14.0. The van der Waals surface area contributed by atoms with Gasteiger partial charge < -0.3 is 24.4 Å². The van der Waals surface area contributed by atoms with Crippen LogP contribution in [-0.2, 0) is 11.4 Å². The highest BCUT2D eigenvalue weighted by molar-refractivity contribution is 5.96. The quantitative estimate of drug-likeness (QED) is 0.513. The summed E-state index contributed by atoms with van der Waals surface area (Å²) in [5, 5.41) is 12.6. The second kappa shape index (κ2) is 9.91. The molecule has 0 bridgehead atoms. The van der Waals surface area contributed by atoms with Gasteiger partial charge in [-0.1, -0.05) is 6.07 Å². The number of halogens is 4. The van der Waals surface area contributed by atoms with Crippen molar-refractivity contribution in [3.8, 4) is 23.4 Å². The van der Waals surface area contributed by atoms with Gasteiger partial charge >= 0.3 is 6.29 Å². The largest absolute Gasteiger partial charge is 0.586 e. The summed E-state index contributed by atoms with van der Waals surface area (Å²) in [6.07, 6.45) is -3.97. The predicted molar refractivity (Wildman–Crippen MR) is 125 cm³/mol. The van der Waals surface area contributed by atoms with Crippen LogP contribution in [0.25, 0.3) is 0 Å². The first-order valence-electron chi connectivity index (χ1n) is 12.3. The number of fused-ring (bicyclic) bond motifs is 1. The summed E-state index contributed by atoms with van der Waals surface area (Å²) in [7, 11) is 0. The Morgan fingerprint density at radius 2 is 1.90 bits per heavy atom. The van der Waals surface area contributed by atoms with Gasteiger partial charge in [0.05, 0.1) is 5.56 Å². The van der Waals surface area contributed by atoms with Crippen molar-refractivity contribution < 1.29 is 41.4 Å². The van der Waals surface area contributed by atoms with E-state index in [4.69, 9.17) is 4.74 Å². The van der Waals surface area contributed by atoms with Crippen molar-refractivity contribution >= 4 is 11.8 Å².